The zero-order valence-corrected chi connectivity index (χ0v) is 21.8. The van der Waals surface area contributed by atoms with Crippen LogP contribution in [0.5, 0.6) is 17.2 Å². The molecule has 1 atom stereocenters. The van der Waals surface area contributed by atoms with Gasteiger partial charge < -0.3 is 30.2 Å². The molecule has 1 aliphatic carbocycles. The number of thiazole rings is 1. The van der Waals surface area contributed by atoms with E-state index in [0.717, 1.165) is 11.1 Å². The van der Waals surface area contributed by atoms with E-state index in [4.69, 9.17) is 14.2 Å². The molecule has 1 aliphatic rings. The predicted molar refractivity (Wildman–Crippen MR) is 142 cm³/mol. The zero-order valence-electron chi connectivity index (χ0n) is 21.0. The molecule has 2 aromatic carbocycles. The first-order valence-corrected chi connectivity index (χ1v) is 12.4. The van der Waals surface area contributed by atoms with Crippen molar-refractivity contribution in [2.24, 2.45) is 0 Å². The summed E-state index contributed by atoms with van der Waals surface area (Å²) in [5.74, 6) is 0.884. The Morgan fingerprint density at radius 2 is 1.89 bits per heavy atom. The summed E-state index contributed by atoms with van der Waals surface area (Å²) >= 11 is 1.30. The number of aromatic nitrogens is 1. The minimum absolute atomic E-state index is 0.121. The molecule has 0 aliphatic heterocycles. The fourth-order valence-corrected chi connectivity index (χ4v) is 5.02. The number of nitrogens with zero attached hydrogens (tertiary/aromatic N) is 1. The van der Waals surface area contributed by atoms with Gasteiger partial charge in [-0.2, -0.15) is 0 Å². The number of fused-ring (bicyclic) bond motifs is 3. The van der Waals surface area contributed by atoms with Gasteiger partial charge in [0.2, 0.25) is 23.0 Å². The van der Waals surface area contributed by atoms with E-state index in [9.17, 15) is 14.4 Å². The van der Waals surface area contributed by atoms with Crippen molar-refractivity contribution in [2.75, 3.05) is 38.5 Å². The van der Waals surface area contributed by atoms with Gasteiger partial charge in [0.05, 0.1) is 39.6 Å². The predicted octanol–water partition coefficient (Wildman–Crippen LogP) is 3.37. The van der Waals surface area contributed by atoms with E-state index < -0.39 is 6.04 Å². The number of hydrogen-bond acceptors (Lipinski definition) is 9. The number of rotatable bonds is 8. The largest absolute Gasteiger partial charge is 0.493 e. The molecule has 3 N–H and O–H groups in total. The standard InChI is InChI=1S/C26H28N4O6S/c1-14(31)29-18-7-5-15-11-21(34-2)24(35-3)25(36-4)23(15)16-6-8-19(20(32)12-17(16)18)28-13-22(33)30-26-27-9-10-37-26/h6,8-12,18H,5,7,13H2,1-4H3,(H,28,32)(H,29,31)(H,27,30,33)/t18-/m0/s1. The van der Waals surface area contributed by atoms with E-state index in [1.54, 1.807) is 37.9 Å². The van der Waals surface area contributed by atoms with E-state index in [1.165, 1.54) is 31.4 Å². The van der Waals surface area contributed by atoms with Crippen LogP contribution in [0.15, 0.2) is 40.6 Å². The number of carbonyl (C=O) groups excluding carboxylic acids is 2. The smallest absolute Gasteiger partial charge is 0.245 e. The van der Waals surface area contributed by atoms with Crippen LogP contribution in [0.2, 0.25) is 0 Å². The third kappa shape index (κ3) is 5.51. The normalized spacial score (nSPS) is 13.9. The van der Waals surface area contributed by atoms with Crippen molar-refractivity contribution in [1.82, 2.24) is 10.3 Å². The van der Waals surface area contributed by atoms with Gasteiger partial charge in [-0.15, -0.1) is 11.3 Å². The van der Waals surface area contributed by atoms with Crippen LogP contribution < -0.4 is 35.6 Å². The highest BCUT2D eigenvalue weighted by Gasteiger charge is 2.29. The Balaban J connectivity index is 1.81. The second kappa shape index (κ2) is 11.3. The first-order chi connectivity index (χ1) is 17.9. The maximum Gasteiger partial charge on any atom is 0.245 e. The molecule has 37 heavy (non-hydrogen) atoms. The molecule has 0 unspecified atom stereocenters. The molecular formula is C26H28N4O6S. The van der Waals surface area contributed by atoms with Gasteiger partial charge in [0.1, 0.15) is 0 Å². The van der Waals surface area contributed by atoms with Crippen molar-refractivity contribution in [1.29, 1.82) is 0 Å². The molecule has 0 spiro atoms. The number of methoxy groups -OCH3 is 3. The number of carbonyl (C=O) groups is 2. The minimum Gasteiger partial charge on any atom is -0.493 e. The molecule has 0 bridgehead atoms. The maximum absolute atomic E-state index is 13.3. The fraction of sp³-hybridized carbons (Fsp3) is 0.308. The van der Waals surface area contributed by atoms with Crippen LogP contribution >= 0.6 is 11.3 Å². The average Bonchev–Trinajstić information content (AvgIpc) is 3.27. The second-order valence-electron chi connectivity index (χ2n) is 8.33. The summed E-state index contributed by atoms with van der Waals surface area (Å²) in [6, 6.07) is 6.41. The fourth-order valence-electron chi connectivity index (χ4n) is 4.48. The molecule has 0 fully saturated rings. The molecule has 4 rings (SSSR count). The Bertz CT molecular complexity index is 1380. The van der Waals surface area contributed by atoms with Gasteiger partial charge in [0, 0.05) is 24.1 Å². The summed E-state index contributed by atoms with van der Waals surface area (Å²) in [5.41, 5.74) is 2.96. The topological polar surface area (TPSA) is 128 Å². The highest BCUT2D eigenvalue weighted by molar-refractivity contribution is 7.13. The van der Waals surface area contributed by atoms with Crippen molar-refractivity contribution >= 4 is 34.0 Å². The van der Waals surface area contributed by atoms with Crippen LogP contribution in [-0.4, -0.2) is 44.7 Å². The number of aryl methyl sites for hydroxylation is 1. The van der Waals surface area contributed by atoms with Gasteiger partial charge >= 0.3 is 0 Å². The number of benzene rings is 1. The monoisotopic (exact) mass is 524 g/mol. The van der Waals surface area contributed by atoms with Crippen LogP contribution in [0, 0.1) is 0 Å². The lowest BCUT2D eigenvalue weighted by molar-refractivity contribution is -0.119. The van der Waals surface area contributed by atoms with Crippen LogP contribution in [0.25, 0.3) is 11.1 Å². The lowest BCUT2D eigenvalue weighted by Gasteiger charge is -2.19. The molecule has 0 saturated heterocycles. The van der Waals surface area contributed by atoms with Crippen molar-refractivity contribution < 1.29 is 23.8 Å². The molecule has 10 nitrogen and oxygen atoms in total. The Labute approximate surface area is 218 Å². The molecule has 1 heterocycles. The highest BCUT2D eigenvalue weighted by atomic mass is 32.1. The van der Waals surface area contributed by atoms with Crippen LogP contribution in [-0.2, 0) is 16.0 Å². The summed E-state index contributed by atoms with van der Waals surface area (Å²) in [7, 11) is 4.63. The summed E-state index contributed by atoms with van der Waals surface area (Å²) < 4.78 is 16.9. The summed E-state index contributed by atoms with van der Waals surface area (Å²) in [5, 5.41) is 10.8. The van der Waals surface area contributed by atoms with Crippen molar-refractivity contribution in [2.45, 2.75) is 25.8 Å². The Morgan fingerprint density at radius 3 is 2.54 bits per heavy atom. The van der Waals surface area contributed by atoms with E-state index >= 15 is 0 Å². The van der Waals surface area contributed by atoms with Gasteiger partial charge in [0.15, 0.2) is 16.6 Å². The van der Waals surface area contributed by atoms with E-state index in [2.05, 4.69) is 20.9 Å². The summed E-state index contributed by atoms with van der Waals surface area (Å²) in [4.78, 5) is 41.7. The van der Waals surface area contributed by atoms with Crippen LogP contribution in [0.3, 0.4) is 0 Å². The third-order valence-electron chi connectivity index (χ3n) is 6.03. The van der Waals surface area contributed by atoms with E-state index in [-0.39, 0.29) is 29.5 Å². The molecule has 11 heteroatoms. The molecular weight excluding hydrogens is 496 g/mol. The Kier molecular flexibility index (Phi) is 7.92. The SMILES string of the molecule is COc1cc2c(c(OC)c1OC)-c1ccc(NCC(=O)Nc3nccs3)c(=O)cc1[C@@H](NC(C)=O)CC2. The average molecular weight is 525 g/mol. The van der Waals surface area contributed by atoms with Gasteiger partial charge in [-0.3, -0.25) is 14.4 Å². The quantitative estimate of drug-likeness (QED) is 0.409. The Hall–Kier alpha value is -4.12. The first kappa shape index (κ1) is 26.0. The molecule has 1 aromatic heterocycles. The lowest BCUT2D eigenvalue weighted by Crippen LogP contribution is -2.27. The van der Waals surface area contributed by atoms with Gasteiger partial charge in [-0.05, 0) is 47.7 Å². The highest BCUT2D eigenvalue weighted by Crippen LogP contribution is 2.50. The first-order valence-electron chi connectivity index (χ1n) is 11.6. The third-order valence-corrected chi connectivity index (χ3v) is 6.72. The summed E-state index contributed by atoms with van der Waals surface area (Å²) in [6.45, 7) is 1.32. The minimum atomic E-state index is -0.414. The lowest BCUT2D eigenvalue weighted by atomic mass is 9.95. The number of anilines is 2. The molecule has 0 radical (unpaired) electrons. The molecule has 3 aromatic rings. The number of amides is 2. The van der Waals surface area contributed by atoms with Crippen LogP contribution in [0.1, 0.15) is 30.5 Å². The second-order valence-corrected chi connectivity index (χ2v) is 9.23. The molecule has 2 amide bonds. The van der Waals surface area contributed by atoms with Gasteiger partial charge in [-0.25, -0.2) is 4.98 Å². The van der Waals surface area contributed by atoms with Gasteiger partial charge in [-0.1, -0.05) is 6.07 Å². The number of nitrogens with one attached hydrogen (secondary N) is 3. The number of ether oxygens (including phenoxy) is 3. The molecule has 0 saturated carbocycles. The Morgan fingerprint density at radius 1 is 1.11 bits per heavy atom. The molecule has 194 valence electrons. The van der Waals surface area contributed by atoms with Crippen molar-refractivity contribution in [3.8, 4) is 28.4 Å². The van der Waals surface area contributed by atoms with Gasteiger partial charge in [0.25, 0.3) is 0 Å². The number of hydrogen-bond donors (Lipinski definition) is 3. The van der Waals surface area contributed by atoms with Crippen LogP contribution in [0.4, 0.5) is 10.8 Å². The van der Waals surface area contributed by atoms with Crippen molar-refractivity contribution in [3.05, 3.63) is 57.2 Å². The van der Waals surface area contributed by atoms with E-state index in [0.29, 0.717) is 46.3 Å². The summed E-state index contributed by atoms with van der Waals surface area (Å²) in [6.07, 6.45) is 2.75. The van der Waals surface area contributed by atoms with Crippen molar-refractivity contribution in [3.63, 3.8) is 0 Å². The zero-order chi connectivity index (χ0) is 26.5. The van der Waals surface area contributed by atoms with E-state index in [1.807, 2.05) is 6.07 Å². The maximum atomic E-state index is 13.3.